The molecule has 0 fully saturated rings. The van der Waals surface area contributed by atoms with Crippen molar-refractivity contribution in [3.63, 3.8) is 0 Å². The number of hydrogen-bond donors (Lipinski definition) is 1. The highest BCUT2D eigenvalue weighted by Gasteiger charge is 2.33. The molecule has 0 heterocycles. The van der Waals surface area contributed by atoms with Crippen molar-refractivity contribution >= 4 is 15.7 Å². The van der Waals surface area contributed by atoms with E-state index < -0.39 is 44.0 Å². The van der Waals surface area contributed by atoms with Gasteiger partial charge in [0.1, 0.15) is 5.82 Å². The predicted octanol–water partition coefficient (Wildman–Crippen LogP) is 1.13. The Bertz CT molecular complexity index is 603. The highest BCUT2D eigenvalue weighted by Crippen LogP contribution is 2.28. The van der Waals surface area contributed by atoms with Crippen LogP contribution >= 0.6 is 0 Å². The van der Waals surface area contributed by atoms with Crippen molar-refractivity contribution in [1.82, 2.24) is 4.31 Å². The van der Waals surface area contributed by atoms with Crippen LogP contribution in [0, 0.1) is 15.9 Å². The second-order valence-electron chi connectivity index (χ2n) is 4.30. The summed E-state index contributed by atoms with van der Waals surface area (Å²) >= 11 is 0. The van der Waals surface area contributed by atoms with E-state index in [1.807, 2.05) is 0 Å². The zero-order valence-corrected chi connectivity index (χ0v) is 11.8. The smallest absolute Gasteiger partial charge is 0.292 e. The minimum absolute atomic E-state index is 0.200. The minimum atomic E-state index is -4.19. The quantitative estimate of drug-likeness (QED) is 0.627. The van der Waals surface area contributed by atoms with E-state index in [0.717, 1.165) is 16.4 Å². The van der Waals surface area contributed by atoms with E-state index in [1.165, 1.54) is 0 Å². The van der Waals surface area contributed by atoms with Gasteiger partial charge in [0.25, 0.3) is 5.69 Å². The lowest BCUT2D eigenvalue weighted by Crippen LogP contribution is -2.39. The number of nitro groups is 1. The molecule has 1 aromatic rings. The number of benzene rings is 1. The normalized spacial score (nSPS) is 12.1. The van der Waals surface area contributed by atoms with Crippen molar-refractivity contribution in [3.8, 4) is 0 Å². The highest BCUT2D eigenvalue weighted by molar-refractivity contribution is 7.89. The zero-order chi connectivity index (χ0) is 15.5. The van der Waals surface area contributed by atoms with Gasteiger partial charge in [0.05, 0.1) is 17.6 Å². The molecule has 0 saturated carbocycles. The van der Waals surface area contributed by atoms with Gasteiger partial charge in [0.15, 0.2) is 4.90 Å². The molecule has 1 aromatic carbocycles. The summed E-state index contributed by atoms with van der Waals surface area (Å²) in [6.07, 6.45) is 0. The van der Waals surface area contributed by atoms with Crippen LogP contribution in [-0.2, 0) is 10.0 Å². The molecule has 9 heteroatoms. The van der Waals surface area contributed by atoms with E-state index in [9.17, 15) is 22.9 Å². The number of hydrogen-bond acceptors (Lipinski definition) is 5. The summed E-state index contributed by atoms with van der Waals surface area (Å²) in [4.78, 5) is 9.33. The molecule has 0 amide bonds. The van der Waals surface area contributed by atoms with Crippen LogP contribution in [0.5, 0.6) is 0 Å². The van der Waals surface area contributed by atoms with Crippen molar-refractivity contribution in [2.75, 3.05) is 13.2 Å². The van der Waals surface area contributed by atoms with Crippen LogP contribution in [0.2, 0.25) is 0 Å². The van der Waals surface area contributed by atoms with E-state index in [1.54, 1.807) is 13.8 Å². The van der Waals surface area contributed by atoms with Gasteiger partial charge in [0, 0.05) is 12.6 Å². The molecular formula is C11H15FN2O5S. The topological polar surface area (TPSA) is 101 Å². The third kappa shape index (κ3) is 3.30. The second-order valence-corrected chi connectivity index (χ2v) is 6.16. The van der Waals surface area contributed by atoms with Gasteiger partial charge in [-0.3, -0.25) is 10.1 Å². The third-order valence-electron chi connectivity index (χ3n) is 2.60. The Morgan fingerprint density at radius 1 is 1.45 bits per heavy atom. The van der Waals surface area contributed by atoms with E-state index in [0.29, 0.717) is 6.07 Å². The number of aliphatic hydroxyl groups is 1. The molecule has 1 N–H and O–H groups in total. The van der Waals surface area contributed by atoms with Crippen LogP contribution < -0.4 is 0 Å². The molecule has 0 bridgehead atoms. The van der Waals surface area contributed by atoms with Gasteiger partial charge < -0.3 is 5.11 Å². The predicted molar refractivity (Wildman–Crippen MR) is 69.2 cm³/mol. The molecular weight excluding hydrogens is 291 g/mol. The second kappa shape index (κ2) is 6.25. The van der Waals surface area contributed by atoms with Gasteiger partial charge in [-0.1, -0.05) is 0 Å². The Morgan fingerprint density at radius 3 is 2.50 bits per heavy atom. The number of rotatable bonds is 6. The van der Waals surface area contributed by atoms with Crippen LogP contribution in [0.15, 0.2) is 23.1 Å². The summed E-state index contributed by atoms with van der Waals surface area (Å²) in [6, 6.07) is 1.76. The van der Waals surface area contributed by atoms with Crippen LogP contribution in [0.3, 0.4) is 0 Å². The number of nitro benzene ring substituents is 1. The Labute approximate surface area is 115 Å². The van der Waals surface area contributed by atoms with E-state index in [-0.39, 0.29) is 6.54 Å². The molecule has 112 valence electrons. The summed E-state index contributed by atoms with van der Waals surface area (Å²) in [5.74, 6) is -0.895. The minimum Gasteiger partial charge on any atom is -0.395 e. The first-order chi connectivity index (χ1) is 9.21. The maximum Gasteiger partial charge on any atom is 0.292 e. The summed E-state index contributed by atoms with van der Waals surface area (Å²) < 4.78 is 38.8. The third-order valence-corrected chi connectivity index (χ3v) is 4.72. The molecule has 0 saturated heterocycles. The lowest BCUT2D eigenvalue weighted by atomic mass is 10.3. The first-order valence-corrected chi connectivity index (χ1v) is 7.22. The standard InChI is InChI=1S/C11H15FN2O5S/c1-8(2)13(5-6-15)20(18,19)11-4-3-9(12)7-10(11)14(16)17/h3-4,7-8,15H,5-6H2,1-2H3. The average Bonchev–Trinajstić information content (AvgIpc) is 2.34. The maximum atomic E-state index is 13.1. The lowest BCUT2D eigenvalue weighted by Gasteiger charge is -2.24. The molecule has 0 radical (unpaired) electrons. The molecule has 1 rings (SSSR count). The fourth-order valence-electron chi connectivity index (χ4n) is 1.73. The van der Waals surface area contributed by atoms with Crippen LogP contribution in [0.1, 0.15) is 13.8 Å². The number of aliphatic hydroxyl groups excluding tert-OH is 1. The Balaban J connectivity index is 3.45. The van der Waals surface area contributed by atoms with Gasteiger partial charge in [-0.25, -0.2) is 12.8 Å². The highest BCUT2D eigenvalue weighted by atomic mass is 32.2. The molecule has 0 aromatic heterocycles. The molecule has 0 aliphatic carbocycles. The first-order valence-electron chi connectivity index (χ1n) is 5.78. The van der Waals surface area contributed by atoms with E-state index in [2.05, 4.69) is 0 Å². The SMILES string of the molecule is CC(C)N(CCO)S(=O)(=O)c1ccc(F)cc1[N+](=O)[O-]. The maximum absolute atomic E-state index is 13.1. The summed E-state index contributed by atoms with van der Waals surface area (Å²) in [7, 11) is -4.19. The monoisotopic (exact) mass is 306 g/mol. The van der Waals surface area contributed by atoms with Gasteiger partial charge in [-0.15, -0.1) is 0 Å². The summed E-state index contributed by atoms with van der Waals surface area (Å²) in [5.41, 5.74) is -0.825. The Morgan fingerprint density at radius 2 is 2.05 bits per heavy atom. The van der Waals surface area contributed by atoms with Gasteiger partial charge >= 0.3 is 0 Å². The van der Waals surface area contributed by atoms with Gasteiger partial charge in [-0.2, -0.15) is 4.31 Å². The first kappa shape index (κ1) is 16.5. The molecule has 0 unspecified atom stereocenters. The molecule has 0 spiro atoms. The fraction of sp³-hybridized carbons (Fsp3) is 0.455. The van der Waals surface area contributed by atoms with Gasteiger partial charge in [-0.05, 0) is 26.0 Å². The van der Waals surface area contributed by atoms with Crippen molar-refractivity contribution in [3.05, 3.63) is 34.1 Å². The van der Waals surface area contributed by atoms with Crippen molar-refractivity contribution < 1.29 is 22.8 Å². The van der Waals surface area contributed by atoms with E-state index in [4.69, 9.17) is 5.11 Å². The summed E-state index contributed by atoms with van der Waals surface area (Å²) in [5, 5.41) is 19.8. The molecule has 0 atom stereocenters. The number of nitrogens with zero attached hydrogens (tertiary/aromatic N) is 2. The summed E-state index contributed by atoms with van der Waals surface area (Å²) in [6.45, 7) is 2.52. The van der Waals surface area contributed by atoms with Crippen LogP contribution in [-0.4, -0.2) is 41.9 Å². The fourth-order valence-corrected chi connectivity index (χ4v) is 3.50. The Kier molecular flexibility index (Phi) is 5.15. The average molecular weight is 306 g/mol. The van der Waals surface area contributed by atoms with Crippen LogP contribution in [0.4, 0.5) is 10.1 Å². The van der Waals surface area contributed by atoms with Crippen LogP contribution in [0.25, 0.3) is 0 Å². The Hall–Kier alpha value is -1.58. The van der Waals surface area contributed by atoms with Crippen molar-refractivity contribution in [2.45, 2.75) is 24.8 Å². The number of halogens is 1. The number of sulfonamides is 1. The lowest BCUT2D eigenvalue weighted by molar-refractivity contribution is -0.388. The zero-order valence-electron chi connectivity index (χ0n) is 11.0. The largest absolute Gasteiger partial charge is 0.395 e. The molecule has 0 aliphatic heterocycles. The van der Waals surface area contributed by atoms with E-state index >= 15 is 0 Å². The molecule has 7 nitrogen and oxygen atoms in total. The molecule has 20 heavy (non-hydrogen) atoms. The van der Waals surface area contributed by atoms with Gasteiger partial charge in [0.2, 0.25) is 10.0 Å². The van der Waals surface area contributed by atoms with Crippen molar-refractivity contribution in [1.29, 1.82) is 0 Å². The molecule has 0 aliphatic rings. The van der Waals surface area contributed by atoms with Crippen molar-refractivity contribution in [2.24, 2.45) is 0 Å².